The van der Waals surface area contributed by atoms with Crippen molar-refractivity contribution in [3.05, 3.63) is 46.5 Å². The molecule has 1 amide bonds. The number of methoxy groups -OCH3 is 1. The van der Waals surface area contributed by atoms with Crippen molar-refractivity contribution in [2.45, 2.75) is 26.8 Å². The number of aryl methyl sites for hydroxylation is 1. The molecule has 3 aromatic heterocycles. The maximum atomic E-state index is 13.0. The molecule has 0 fully saturated rings. The van der Waals surface area contributed by atoms with Crippen molar-refractivity contribution in [1.82, 2.24) is 18.9 Å². The van der Waals surface area contributed by atoms with Gasteiger partial charge >= 0.3 is 0 Å². The summed E-state index contributed by atoms with van der Waals surface area (Å²) in [5.41, 5.74) is 1.45. The molecule has 3 aromatic rings. The van der Waals surface area contributed by atoms with Gasteiger partial charge in [0, 0.05) is 39.5 Å². The van der Waals surface area contributed by atoms with Crippen molar-refractivity contribution >= 4 is 22.6 Å². The Balaban J connectivity index is 2.23. The fraction of sp³-hybridized carbons (Fsp3) is 0.421. The molecule has 0 spiro atoms. The molecule has 0 aromatic carbocycles. The zero-order valence-electron chi connectivity index (χ0n) is 15.4. The Morgan fingerprint density at radius 3 is 2.73 bits per heavy atom. The van der Waals surface area contributed by atoms with E-state index < -0.39 is 0 Å². The van der Waals surface area contributed by atoms with E-state index in [1.165, 1.54) is 4.40 Å². The molecule has 0 bridgehead atoms. The Hall–Kier alpha value is -2.67. The first-order valence-corrected chi connectivity index (χ1v) is 8.91. The lowest BCUT2D eigenvalue weighted by atomic mass is 10.3. The van der Waals surface area contributed by atoms with E-state index >= 15 is 0 Å². The number of hydrogen-bond donors (Lipinski definition) is 0. The molecule has 0 aliphatic carbocycles. The number of hydrogen-bond acceptors (Lipinski definition) is 4. The van der Waals surface area contributed by atoms with E-state index in [4.69, 9.17) is 4.74 Å². The summed E-state index contributed by atoms with van der Waals surface area (Å²) in [5, 5.41) is 0.460. The van der Waals surface area contributed by atoms with Crippen LogP contribution in [-0.4, -0.2) is 51.6 Å². The zero-order valence-corrected chi connectivity index (χ0v) is 15.4. The maximum absolute atomic E-state index is 13.0. The highest BCUT2D eigenvalue weighted by atomic mass is 16.5. The molecule has 3 heterocycles. The first-order chi connectivity index (χ1) is 12.6. The minimum atomic E-state index is -0.162. The zero-order chi connectivity index (χ0) is 18.7. The lowest BCUT2D eigenvalue weighted by Gasteiger charge is -2.19. The van der Waals surface area contributed by atoms with Gasteiger partial charge in [0.1, 0.15) is 17.0 Å². The SMILES string of the molecule is CCN(CC)C(=O)c1cc2c(=O)n3ccccc3nc2n1CCCOC. The van der Waals surface area contributed by atoms with E-state index in [1.807, 2.05) is 24.5 Å². The van der Waals surface area contributed by atoms with Crippen molar-refractivity contribution in [2.24, 2.45) is 0 Å². The van der Waals surface area contributed by atoms with E-state index in [0.29, 0.717) is 48.6 Å². The molecular formula is C19H24N4O3. The smallest absolute Gasteiger partial charge is 0.270 e. The van der Waals surface area contributed by atoms with Crippen LogP contribution in [-0.2, 0) is 11.3 Å². The number of aromatic nitrogens is 3. The third-order valence-electron chi connectivity index (χ3n) is 4.58. The van der Waals surface area contributed by atoms with Gasteiger partial charge in [0.2, 0.25) is 0 Å². The number of fused-ring (bicyclic) bond motifs is 2. The van der Waals surface area contributed by atoms with Crippen LogP contribution in [0, 0.1) is 0 Å². The molecule has 26 heavy (non-hydrogen) atoms. The number of pyridine rings is 1. The third-order valence-corrected chi connectivity index (χ3v) is 4.58. The van der Waals surface area contributed by atoms with Gasteiger partial charge < -0.3 is 14.2 Å². The minimum Gasteiger partial charge on any atom is -0.385 e. The van der Waals surface area contributed by atoms with Gasteiger partial charge in [-0.05, 0) is 38.5 Å². The van der Waals surface area contributed by atoms with Gasteiger partial charge in [-0.1, -0.05) is 6.07 Å². The molecular weight excluding hydrogens is 332 g/mol. The van der Waals surface area contributed by atoms with Crippen molar-refractivity contribution in [2.75, 3.05) is 26.8 Å². The number of rotatable bonds is 7. The molecule has 7 heteroatoms. The van der Waals surface area contributed by atoms with Gasteiger partial charge in [-0.15, -0.1) is 0 Å². The van der Waals surface area contributed by atoms with E-state index in [-0.39, 0.29) is 11.5 Å². The van der Waals surface area contributed by atoms with Gasteiger partial charge in [-0.3, -0.25) is 14.0 Å². The quantitative estimate of drug-likeness (QED) is 0.609. The lowest BCUT2D eigenvalue weighted by molar-refractivity contribution is 0.0761. The second-order valence-corrected chi connectivity index (χ2v) is 6.09. The number of carbonyl (C=O) groups is 1. The topological polar surface area (TPSA) is 68.8 Å². The fourth-order valence-electron chi connectivity index (χ4n) is 3.20. The van der Waals surface area contributed by atoms with Crippen LogP contribution < -0.4 is 5.56 Å². The van der Waals surface area contributed by atoms with Crippen LogP contribution in [0.1, 0.15) is 30.8 Å². The average molecular weight is 356 g/mol. The van der Waals surface area contributed by atoms with Crippen LogP contribution in [0.3, 0.4) is 0 Å². The van der Waals surface area contributed by atoms with E-state index in [2.05, 4.69) is 4.98 Å². The van der Waals surface area contributed by atoms with Gasteiger partial charge in [-0.2, -0.15) is 0 Å². The number of ether oxygens (including phenoxy) is 1. The van der Waals surface area contributed by atoms with Crippen LogP contribution in [0.5, 0.6) is 0 Å². The predicted octanol–water partition coefficient (Wildman–Crippen LogP) is 2.17. The highest BCUT2D eigenvalue weighted by molar-refractivity contribution is 5.98. The Kier molecular flexibility index (Phi) is 5.37. The highest BCUT2D eigenvalue weighted by Crippen LogP contribution is 2.19. The van der Waals surface area contributed by atoms with Crippen LogP contribution in [0.25, 0.3) is 16.7 Å². The summed E-state index contributed by atoms with van der Waals surface area (Å²) in [5.74, 6) is -0.0844. The van der Waals surface area contributed by atoms with Gasteiger partial charge in [0.25, 0.3) is 11.5 Å². The predicted molar refractivity (Wildman–Crippen MR) is 101 cm³/mol. The molecule has 3 rings (SSSR count). The van der Waals surface area contributed by atoms with Gasteiger partial charge in [0.15, 0.2) is 0 Å². The number of amides is 1. The van der Waals surface area contributed by atoms with Crippen molar-refractivity contribution in [1.29, 1.82) is 0 Å². The van der Waals surface area contributed by atoms with Crippen LogP contribution in [0.4, 0.5) is 0 Å². The summed E-state index contributed by atoms with van der Waals surface area (Å²) in [6.07, 6.45) is 2.42. The fourth-order valence-corrected chi connectivity index (χ4v) is 3.20. The van der Waals surface area contributed by atoms with E-state index in [9.17, 15) is 9.59 Å². The van der Waals surface area contributed by atoms with Crippen LogP contribution in [0.2, 0.25) is 0 Å². The molecule has 0 atom stereocenters. The Labute approximate surface area is 151 Å². The summed E-state index contributed by atoms with van der Waals surface area (Å²) in [7, 11) is 1.65. The van der Waals surface area contributed by atoms with Gasteiger partial charge in [0.05, 0.1) is 5.39 Å². The standard InChI is InChI=1S/C19H24N4O3/c1-4-21(5-2)19(25)15-13-14-17(22(15)11-8-12-26-3)20-16-9-6-7-10-23(16)18(14)24/h6-7,9-10,13H,4-5,8,11-12H2,1-3H3. The molecule has 0 aliphatic rings. The third kappa shape index (κ3) is 3.10. The van der Waals surface area contributed by atoms with Crippen LogP contribution >= 0.6 is 0 Å². The lowest BCUT2D eigenvalue weighted by Crippen LogP contribution is -2.32. The first kappa shape index (κ1) is 18.1. The average Bonchev–Trinajstić information content (AvgIpc) is 3.02. The Bertz CT molecular complexity index is 986. The summed E-state index contributed by atoms with van der Waals surface area (Å²) in [6.45, 7) is 6.26. The second kappa shape index (κ2) is 7.70. The molecule has 0 unspecified atom stereocenters. The molecule has 0 aliphatic heterocycles. The minimum absolute atomic E-state index is 0.0844. The van der Waals surface area contributed by atoms with Crippen molar-refractivity contribution in [3.63, 3.8) is 0 Å². The number of nitrogens with zero attached hydrogens (tertiary/aromatic N) is 4. The van der Waals surface area contributed by atoms with Gasteiger partial charge in [-0.25, -0.2) is 4.98 Å². The number of carbonyl (C=O) groups excluding carboxylic acids is 1. The largest absolute Gasteiger partial charge is 0.385 e. The first-order valence-electron chi connectivity index (χ1n) is 8.91. The van der Waals surface area contributed by atoms with Crippen LogP contribution in [0.15, 0.2) is 35.3 Å². The molecule has 138 valence electrons. The molecule has 0 N–H and O–H groups in total. The second-order valence-electron chi connectivity index (χ2n) is 6.09. The Morgan fingerprint density at radius 1 is 1.27 bits per heavy atom. The molecule has 0 radical (unpaired) electrons. The molecule has 0 saturated carbocycles. The summed E-state index contributed by atoms with van der Waals surface area (Å²) < 4.78 is 8.50. The van der Waals surface area contributed by atoms with Crippen molar-refractivity contribution < 1.29 is 9.53 Å². The summed E-state index contributed by atoms with van der Waals surface area (Å²) in [6, 6.07) is 7.10. The van der Waals surface area contributed by atoms with Crippen molar-refractivity contribution in [3.8, 4) is 0 Å². The Morgan fingerprint density at radius 2 is 2.04 bits per heavy atom. The molecule has 0 saturated heterocycles. The summed E-state index contributed by atoms with van der Waals surface area (Å²) in [4.78, 5) is 32.2. The normalized spacial score (nSPS) is 11.3. The molecule has 7 nitrogen and oxygen atoms in total. The highest BCUT2D eigenvalue weighted by Gasteiger charge is 2.22. The monoisotopic (exact) mass is 356 g/mol. The van der Waals surface area contributed by atoms with E-state index in [1.54, 1.807) is 36.4 Å². The maximum Gasteiger partial charge on any atom is 0.270 e. The summed E-state index contributed by atoms with van der Waals surface area (Å²) >= 11 is 0. The van der Waals surface area contributed by atoms with E-state index in [0.717, 1.165) is 6.42 Å².